The van der Waals surface area contributed by atoms with Gasteiger partial charge in [0.1, 0.15) is 15.5 Å². The van der Waals surface area contributed by atoms with Gasteiger partial charge in [0, 0.05) is 26.2 Å². The Morgan fingerprint density at radius 2 is 2.08 bits per heavy atom. The highest BCUT2D eigenvalue weighted by Crippen LogP contribution is 2.25. The Balaban J connectivity index is 1.72. The molecule has 0 aromatic carbocycles. The van der Waals surface area contributed by atoms with Gasteiger partial charge in [0.15, 0.2) is 5.76 Å². The second-order valence-corrected chi connectivity index (χ2v) is 9.06. The third-order valence-corrected chi connectivity index (χ3v) is 7.54. The average Bonchev–Trinajstić information content (AvgIpc) is 3.07. The summed E-state index contributed by atoms with van der Waals surface area (Å²) in [7, 11) is -3.65. The van der Waals surface area contributed by atoms with Crippen molar-refractivity contribution in [3.63, 3.8) is 0 Å². The predicted octanol–water partition coefficient (Wildman–Crippen LogP) is 1.95. The fraction of sp³-hybridized carbons (Fsp3) is 0.500. The van der Waals surface area contributed by atoms with Crippen LogP contribution in [-0.2, 0) is 16.6 Å². The summed E-state index contributed by atoms with van der Waals surface area (Å²) in [5.74, 6) is -0.625. The summed E-state index contributed by atoms with van der Waals surface area (Å²) >= 11 is 1.21. The van der Waals surface area contributed by atoms with Crippen LogP contribution in [0.2, 0.25) is 0 Å². The summed E-state index contributed by atoms with van der Waals surface area (Å²) in [5.41, 5.74) is 1.14. The summed E-state index contributed by atoms with van der Waals surface area (Å²) in [5, 5.41) is 14.8. The molecule has 3 rings (SSSR count). The van der Waals surface area contributed by atoms with Gasteiger partial charge in [0.2, 0.25) is 10.0 Å². The van der Waals surface area contributed by atoms with Crippen LogP contribution in [0.1, 0.15) is 33.1 Å². The molecule has 1 N–H and O–H groups in total. The molecule has 142 valence electrons. The summed E-state index contributed by atoms with van der Waals surface area (Å²) in [6, 6.07) is 1.82. The van der Waals surface area contributed by atoms with Gasteiger partial charge < -0.3 is 9.63 Å². The van der Waals surface area contributed by atoms with E-state index in [1.54, 1.807) is 19.2 Å². The van der Waals surface area contributed by atoms with Gasteiger partial charge in [-0.1, -0.05) is 5.16 Å². The fourth-order valence-corrected chi connectivity index (χ4v) is 5.72. The number of hydrogen-bond donors (Lipinski definition) is 1. The molecule has 1 saturated heterocycles. The minimum Gasteiger partial charge on any atom is -0.477 e. The van der Waals surface area contributed by atoms with Crippen molar-refractivity contribution in [1.29, 1.82) is 0 Å². The van der Waals surface area contributed by atoms with Gasteiger partial charge in [-0.2, -0.15) is 4.31 Å². The van der Waals surface area contributed by atoms with Crippen molar-refractivity contribution in [1.82, 2.24) is 14.4 Å². The summed E-state index contributed by atoms with van der Waals surface area (Å²) < 4.78 is 32.4. The van der Waals surface area contributed by atoms with Crippen molar-refractivity contribution in [3.05, 3.63) is 33.3 Å². The van der Waals surface area contributed by atoms with Crippen LogP contribution < -0.4 is 0 Å². The number of aryl methyl sites for hydroxylation is 2. The highest BCUT2D eigenvalue weighted by Gasteiger charge is 2.32. The van der Waals surface area contributed by atoms with Crippen molar-refractivity contribution in [2.24, 2.45) is 0 Å². The quantitative estimate of drug-likeness (QED) is 0.819. The number of aromatic nitrogens is 1. The Kier molecular flexibility index (Phi) is 5.47. The van der Waals surface area contributed by atoms with Crippen LogP contribution in [-0.4, -0.2) is 60.0 Å². The Morgan fingerprint density at radius 1 is 1.31 bits per heavy atom. The Morgan fingerprint density at radius 3 is 2.73 bits per heavy atom. The number of carbonyl (C=O) groups is 1. The molecule has 0 amide bonds. The molecule has 0 spiro atoms. The molecule has 26 heavy (non-hydrogen) atoms. The lowest BCUT2D eigenvalue weighted by atomic mass is 10.2. The Hall–Kier alpha value is -1.75. The molecule has 3 heterocycles. The molecule has 0 aliphatic carbocycles. The summed E-state index contributed by atoms with van der Waals surface area (Å²) in [4.78, 5) is 13.8. The van der Waals surface area contributed by atoms with E-state index in [0.717, 1.165) is 5.56 Å². The Bertz CT molecular complexity index is 883. The second kappa shape index (κ2) is 7.47. The van der Waals surface area contributed by atoms with Gasteiger partial charge >= 0.3 is 5.97 Å². The van der Waals surface area contributed by atoms with E-state index < -0.39 is 16.0 Å². The van der Waals surface area contributed by atoms with Gasteiger partial charge in [-0.05, 0) is 43.8 Å². The van der Waals surface area contributed by atoms with E-state index in [-0.39, 0.29) is 4.90 Å². The summed E-state index contributed by atoms with van der Waals surface area (Å²) in [6.07, 6.45) is 0.676. The zero-order valence-electron chi connectivity index (χ0n) is 14.6. The number of thiophene rings is 1. The highest BCUT2D eigenvalue weighted by atomic mass is 32.2. The van der Waals surface area contributed by atoms with Crippen LogP contribution in [0, 0.1) is 13.8 Å². The van der Waals surface area contributed by atoms with E-state index in [2.05, 4.69) is 10.1 Å². The SMILES string of the molecule is Cc1noc(C)c1S(=O)(=O)N1CCCN(Cc2ccsc2C(=O)O)CC1. The molecular formula is C16H21N3O5S2. The number of sulfonamides is 1. The first kappa shape index (κ1) is 19.0. The van der Waals surface area contributed by atoms with Crippen LogP contribution in [0.3, 0.4) is 0 Å². The molecule has 8 nitrogen and oxygen atoms in total. The number of rotatable bonds is 5. The molecule has 0 unspecified atom stereocenters. The van der Waals surface area contributed by atoms with E-state index in [0.29, 0.717) is 55.5 Å². The molecule has 1 aliphatic heterocycles. The van der Waals surface area contributed by atoms with Crippen LogP contribution in [0.5, 0.6) is 0 Å². The molecule has 10 heteroatoms. The van der Waals surface area contributed by atoms with E-state index >= 15 is 0 Å². The summed E-state index contributed by atoms with van der Waals surface area (Å²) in [6.45, 7) is 5.74. The second-order valence-electron chi connectivity index (χ2n) is 6.27. The normalized spacial score (nSPS) is 17.3. The van der Waals surface area contributed by atoms with Crippen LogP contribution in [0.15, 0.2) is 20.9 Å². The van der Waals surface area contributed by atoms with Gasteiger partial charge in [-0.25, -0.2) is 13.2 Å². The molecule has 0 radical (unpaired) electrons. The van der Waals surface area contributed by atoms with E-state index in [9.17, 15) is 18.3 Å². The number of carboxylic acids is 1. The van der Waals surface area contributed by atoms with Gasteiger partial charge in [-0.15, -0.1) is 11.3 Å². The van der Waals surface area contributed by atoms with Crippen LogP contribution >= 0.6 is 11.3 Å². The number of carboxylic acid groups (broad SMARTS) is 1. The van der Waals surface area contributed by atoms with Gasteiger partial charge in [0.05, 0.1) is 0 Å². The lowest BCUT2D eigenvalue weighted by molar-refractivity contribution is 0.0700. The molecule has 0 bridgehead atoms. The van der Waals surface area contributed by atoms with Gasteiger partial charge in [-0.3, -0.25) is 4.90 Å². The number of hydrogen-bond acceptors (Lipinski definition) is 7. The van der Waals surface area contributed by atoms with E-state index in [1.165, 1.54) is 15.6 Å². The highest BCUT2D eigenvalue weighted by molar-refractivity contribution is 7.89. The first-order chi connectivity index (χ1) is 12.3. The Labute approximate surface area is 156 Å². The topological polar surface area (TPSA) is 104 Å². The monoisotopic (exact) mass is 399 g/mol. The first-order valence-corrected chi connectivity index (χ1v) is 10.6. The first-order valence-electron chi connectivity index (χ1n) is 8.25. The zero-order valence-corrected chi connectivity index (χ0v) is 16.3. The van der Waals surface area contributed by atoms with E-state index in [1.807, 2.05) is 6.07 Å². The third-order valence-electron chi connectivity index (χ3n) is 4.45. The maximum atomic E-state index is 12.9. The van der Waals surface area contributed by atoms with Crippen molar-refractivity contribution >= 4 is 27.3 Å². The van der Waals surface area contributed by atoms with Crippen molar-refractivity contribution in [2.75, 3.05) is 26.2 Å². The molecule has 2 aromatic heterocycles. The zero-order chi connectivity index (χ0) is 18.9. The molecule has 0 saturated carbocycles. The fourth-order valence-electron chi connectivity index (χ4n) is 3.21. The number of nitrogens with zero attached hydrogens (tertiary/aromatic N) is 3. The molecule has 1 fully saturated rings. The predicted molar refractivity (Wildman–Crippen MR) is 95.9 cm³/mol. The van der Waals surface area contributed by atoms with Gasteiger partial charge in [0.25, 0.3) is 0 Å². The van der Waals surface area contributed by atoms with Crippen molar-refractivity contribution in [2.45, 2.75) is 31.7 Å². The van der Waals surface area contributed by atoms with Crippen LogP contribution in [0.4, 0.5) is 0 Å². The minimum absolute atomic E-state index is 0.150. The molecule has 1 aliphatic rings. The lowest BCUT2D eigenvalue weighted by Gasteiger charge is -2.21. The third kappa shape index (κ3) is 3.68. The van der Waals surface area contributed by atoms with E-state index in [4.69, 9.17) is 4.52 Å². The van der Waals surface area contributed by atoms with Crippen molar-refractivity contribution < 1.29 is 22.8 Å². The van der Waals surface area contributed by atoms with Crippen molar-refractivity contribution in [3.8, 4) is 0 Å². The maximum Gasteiger partial charge on any atom is 0.346 e. The largest absolute Gasteiger partial charge is 0.477 e. The lowest BCUT2D eigenvalue weighted by Crippen LogP contribution is -2.35. The smallest absolute Gasteiger partial charge is 0.346 e. The molecular weight excluding hydrogens is 378 g/mol. The molecule has 2 aromatic rings. The average molecular weight is 399 g/mol. The van der Waals surface area contributed by atoms with Crippen LogP contribution in [0.25, 0.3) is 0 Å². The standard InChI is InChI=1S/C16H21N3O5S2/c1-11-15(12(2)24-17-11)26(22,23)19-6-3-5-18(7-8-19)10-13-4-9-25-14(13)16(20)21/h4,9H,3,5-8,10H2,1-2H3,(H,20,21). The minimum atomic E-state index is -3.65. The maximum absolute atomic E-state index is 12.9. The molecule has 0 atom stereocenters. The number of aromatic carboxylic acids is 1.